The molecular weight excluding hydrogens is 226 g/mol. The van der Waals surface area contributed by atoms with Crippen molar-refractivity contribution in [3.63, 3.8) is 0 Å². The zero-order valence-corrected chi connectivity index (χ0v) is 10.2. The van der Waals surface area contributed by atoms with Crippen LogP contribution in [0.25, 0.3) is 6.08 Å². The Morgan fingerprint density at radius 2 is 2.39 bits per heavy atom. The predicted molar refractivity (Wildman–Crippen MR) is 74.7 cm³/mol. The first-order valence-corrected chi connectivity index (χ1v) is 5.53. The van der Waals surface area contributed by atoms with E-state index in [0.29, 0.717) is 5.56 Å². The van der Waals surface area contributed by atoms with Gasteiger partial charge in [-0.25, -0.2) is 4.98 Å². The van der Waals surface area contributed by atoms with Gasteiger partial charge in [-0.15, -0.1) is 6.42 Å². The third-order valence-electron chi connectivity index (χ3n) is 2.16. The van der Waals surface area contributed by atoms with Gasteiger partial charge < -0.3 is 10.7 Å². The number of hydrogen-bond donors (Lipinski definition) is 2. The van der Waals surface area contributed by atoms with Crippen LogP contribution in [0.1, 0.15) is 18.9 Å². The van der Waals surface area contributed by atoms with E-state index in [4.69, 9.17) is 12.2 Å². The maximum Gasteiger partial charge on any atom is 0.260 e. The van der Waals surface area contributed by atoms with Crippen LogP contribution in [0.2, 0.25) is 0 Å². The van der Waals surface area contributed by atoms with Gasteiger partial charge in [0.05, 0.1) is 11.9 Å². The van der Waals surface area contributed by atoms with E-state index < -0.39 is 0 Å². The van der Waals surface area contributed by atoms with Crippen LogP contribution in [0.15, 0.2) is 41.0 Å². The molecule has 0 saturated heterocycles. The predicted octanol–water partition coefficient (Wildman–Crippen LogP) is 1.89. The molecule has 0 aliphatic carbocycles. The Hall–Kier alpha value is -2.54. The van der Waals surface area contributed by atoms with Gasteiger partial charge in [0, 0.05) is 0 Å². The quantitative estimate of drug-likeness (QED) is 0.624. The van der Waals surface area contributed by atoms with Crippen LogP contribution in [0.3, 0.4) is 0 Å². The Balaban J connectivity index is 3.05. The molecule has 0 amide bonds. The molecule has 4 nitrogen and oxygen atoms in total. The standard InChI is InChI=1S/C14H15N3O/c1-3-5-7-11(6-4-2)8-9-12-13(15)16-10-17-14(12)18/h2,5-10H,3H2,1H3,(H3,15,16,17,18)/b7-5-,9-8+,11-6+. The third kappa shape index (κ3) is 3.80. The van der Waals surface area contributed by atoms with Crippen molar-refractivity contribution in [3.8, 4) is 12.3 Å². The van der Waals surface area contributed by atoms with E-state index in [1.807, 2.05) is 19.1 Å². The molecule has 0 atom stereocenters. The number of nitrogens with zero attached hydrogens (tertiary/aromatic N) is 1. The molecule has 0 aromatic carbocycles. The molecule has 0 fully saturated rings. The van der Waals surface area contributed by atoms with Crippen LogP contribution < -0.4 is 11.3 Å². The van der Waals surface area contributed by atoms with Crippen LogP contribution in [0.5, 0.6) is 0 Å². The van der Waals surface area contributed by atoms with Crippen LogP contribution in [-0.2, 0) is 0 Å². The van der Waals surface area contributed by atoms with Crippen LogP contribution in [0.4, 0.5) is 5.82 Å². The zero-order valence-electron chi connectivity index (χ0n) is 10.2. The fraction of sp³-hybridized carbons (Fsp3) is 0.143. The van der Waals surface area contributed by atoms with Crippen molar-refractivity contribution in [2.45, 2.75) is 13.3 Å². The fourth-order valence-corrected chi connectivity index (χ4v) is 1.27. The minimum Gasteiger partial charge on any atom is -0.383 e. The van der Waals surface area contributed by atoms with Crippen LogP contribution in [-0.4, -0.2) is 9.97 Å². The summed E-state index contributed by atoms with van der Waals surface area (Å²) in [5.41, 5.74) is 6.49. The van der Waals surface area contributed by atoms with E-state index in [0.717, 1.165) is 12.0 Å². The summed E-state index contributed by atoms with van der Waals surface area (Å²) in [4.78, 5) is 17.8. The van der Waals surface area contributed by atoms with Crippen molar-refractivity contribution in [2.75, 3.05) is 5.73 Å². The smallest absolute Gasteiger partial charge is 0.260 e. The topological polar surface area (TPSA) is 71.8 Å². The minimum atomic E-state index is -0.279. The molecule has 1 aromatic rings. The molecule has 3 N–H and O–H groups in total. The highest BCUT2D eigenvalue weighted by Gasteiger charge is 2.00. The Labute approximate surface area is 106 Å². The number of nitrogen functional groups attached to an aromatic ring is 1. The fourth-order valence-electron chi connectivity index (χ4n) is 1.27. The Morgan fingerprint density at radius 3 is 3.00 bits per heavy atom. The Morgan fingerprint density at radius 1 is 1.61 bits per heavy atom. The lowest BCUT2D eigenvalue weighted by molar-refractivity contribution is 1.12. The third-order valence-corrected chi connectivity index (χ3v) is 2.16. The van der Waals surface area contributed by atoms with E-state index in [2.05, 4.69) is 15.9 Å². The number of rotatable bonds is 4. The molecule has 4 heteroatoms. The second-order valence-electron chi connectivity index (χ2n) is 3.49. The second-order valence-corrected chi connectivity index (χ2v) is 3.49. The molecule has 0 spiro atoms. The molecule has 0 unspecified atom stereocenters. The number of nitrogens with one attached hydrogen (secondary N) is 1. The van der Waals surface area contributed by atoms with Gasteiger partial charge in [-0.05, 0) is 24.1 Å². The highest BCUT2D eigenvalue weighted by Crippen LogP contribution is 2.07. The molecule has 0 aliphatic heterocycles. The molecule has 0 radical (unpaired) electrons. The number of H-pyrrole nitrogens is 1. The van der Waals surface area contributed by atoms with Crippen molar-refractivity contribution in [3.05, 3.63) is 52.1 Å². The molecule has 1 rings (SSSR count). The molecule has 0 bridgehead atoms. The summed E-state index contributed by atoms with van der Waals surface area (Å²) < 4.78 is 0. The van der Waals surface area contributed by atoms with Gasteiger partial charge >= 0.3 is 0 Å². The number of aromatic nitrogens is 2. The first-order chi connectivity index (χ1) is 8.69. The van der Waals surface area contributed by atoms with Crippen molar-refractivity contribution in [1.29, 1.82) is 0 Å². The average molecular weight is 241 g/mol. The lowest BCUT2D eigenvalue weighted by Gasteiger charge is -1.97. The molecular formula is C14H15N3O. The van der Waals surface area contributed by atoms with Gasteiger partial charge in [0.25, 0.3) is 5.56 Å². The number of hydrogen-bond acceptors (Lipinski definition) is 3. The average Bonchev–Trinajstić information content (AvgIpc) is 2.35. The molecule has 1 heterocycles. The van der Waals surface area contributed by atoms with Crippen molar-refractivity contribution in [1.82, 2.24) is 9.97 Å². The van der Waals surface area contributed by atoms with Gasteiger partial charge in [0.15, 0.2) is 0 Å². The summed E-state index contributed by atoms with van der Waals surface area (Å²) in [5.74, 6) is 2.63. The first kappa shape index (κ1) is 13.5. The molecule has 18 heavy (non-hydrogen) atoms. The van der Waals surface area contributed by atoms with E-state index in [1.54, 1.807) is 18.2 Å². The van der Waals surface area contributed by atoms with Crippen LogP contribution >= 0.6 is 0 Å². The van der Waals surface area contributed by atoms with E-state index in [9.17, 15) is 4.79 Å². The van der Waals surface area contributed by atoms with Gasteiger partial charge in [-0.3, -0.25) is 4.79 Å². The minimum absolute atomic E-state index is 0.189. The Kier molecular flexibility index (Phi) is 5.20. The van der Waals surface area contributed by atoms with Gasteiger partial charge in [0.1, 0.15) is 5.82 Å². The van der Waals surface area contributed by atoms with E-state index in [-0.39, 0.29) is 11.4 Å². The highest BCUT2D eigenvalue weighted by molar-refractivity contribution is 5.62. The van der Waals surface area contributed by atoms with E-state index >= 15 is 0 Å². The highest BCUT2D eigenvalue weighted by atomic mass is 16.1. The van der Waals surface area contributed by atoms with Gasteiger partial charge in [-0.2, -0.15) is 0 Å². The SMILES string of the molecule is C#C/C=C(\C=C/CC)/C=C/c1c(N)nc[nH]c1=O. The molecule has 92 valence electrons. The summed E-state index contributed by atoms with van der Waals surface area (Å²) in [7, 11) is 0. The Bertz CT molecular complexity index is 586. The molecule has 0 aliphatic rings. The first-order valence-electron chi connectivity index (χ1n) is 5.53. The zero-order chi connectivity index (χ0) is 13.4. The summed E-state index contributed by atoms with van der Waals surface area (Å²) >= 11 is 0. The molecule has 1 aromatic heterocycles. The van der Waals surface area contributed by atoms with E-state index in [1.165, 1.54) is 6.33 Å². The number of terminal acetylenes is 1. The molecule has 0 saturated carbocycles. The summed E-state index contributed by atoms with van der Waals surface area (Å²) in [5, 5.41) is 0. The maximum atomic E-state index is 11.5. The largest absolute Gasteiger partial charge is 0.383 e. The van der Waals surface area contributed by atoms with Gasteiger partial charge in [0.2, 0.25) is 0 Å². The lowest BCUT2D eigenvalue weighted by Crippen LogP contribution is -2.12. The number of aromatic amines is 1. The number of anilines is 1. The summed E-state index contributed by atoms with van der Waals surface area (Å²) in [6, 6.07) is 0. The number of allylic oxidation sites excluding steroid dienone is 5. The maximum absolute atomic E-state index is 11.5. The lowest BCUT2D eigenvalue weighted by atomic mass is 10.1. The number of nitrogens with two attached hydrogens (primary N) is 1. The second kappa shape index (κ2) is 6.92. The van der Waals surface area contributed by atoms with Crippen molar-refractivity contribution < 1.29 is 0 Å². The monoisotopic (exact) mass is 241 g/mol. The van der Waals surface area contributed by atoms with Crippen LogP contribution in [0, 0.1) is 12.3 Å². The normalized spacial score (nSPS) is 12.1. The van der Waals surface area contributed by atoms with Crippen molar-refractivity contribution >= 4 is 11.9 Å². The van der Waals surface area contributed by atoms with Gasteiger partial charge in [-0.1, -0.05) is 31.1 Å². The summed E-state index contributed by atoms with van der Waals surface area (Å²) in [6.07, 6.45) is 16.2. The summed E-state index contributed by atoms with van der Waals surface area (Å²) in [6.45, 7) is 2.03. The van der Waals surface area contributed by atoms with Crippen molar-refractivity contribution in [2.24, 2.45) is 0 Å².